The third-order valence-corrected chi connectivity index (χ3v) is 6.14. The molecule has 136 valence electrons. The third-order valence-electron chi connectivity index (χ3n) is 5.05. The second kappa shape index (κ2) is 7.70. The van der Waals surface area contributed by atoms with E-state index in [0.29, 0.717) is 24.4 Å². The van der Waals surface area contributed by atoms with Gasteiger partial charge in [-0.15, -0.1) is 11.3 Å². The lowest BCUT2D eigenvalue weighted by atomic mass is 9.98. The lowest BCUT2D eigenvalue weighted by Crippen LogP contribution is -2.39. The minimum Gasteiger partial charge on any atom is -0.395 e. The maximum atomic E-state index is 12.9. The van der Waals surface area contributed by atoms with Gasteiger partial charge in [-0.3, -0.25) is 9.36 Å². The second-order valence-corrected chi connectivity index (χ2v) is 7.96. The van der Waals surface area contributed by atoms with Gasteiger partial charge in [-0.1, -0.05) is 30.3 Å². The molecule has 26 heavy (non-hydrogen) atoms. The Morgan fingerprint density at radius 1 is 1.27 bits per heavy atom. The first-order valence-electron chi connectivity index (χ1n) is 9.12. The highest BCUT2D eigenvalue weighted by Crippen LogP contribution is 2.30. The highest BCUT2D eigenvalue weighted by molar-refractivity contribution is 7.21. The summed E-state index contributed by atoms with van der Waals surface area (Å²) in [5, 5.41) is 9.86. The van der Waals surface area contributed by atoms with Crippen LogP contribution >= 0.6 is 11.3 Å². The number of aromatic nitrogens is 2. The maximum absolute atomic E-state index is 12.9. The van der Waals surface area contributed by atoms with Crippen molar-refractivity contribution < 1.29 is 5.11 Å². The van der Waals surface area contributed by atoms with Gasteiger partial charge in [-0.25, -0.2) is 4.98 Å². The fourth-order valence-corrected chi connectivity index (χ4v) is 4.75. The van der Waals surface area contributed by atoms with Gasteiger partial charge in [0.15, 0.2) is 0 Å². The zero-order valence-electron chi connectivity index (χ0n) is 14.7. The van der Waals surface area contributed by atoms with Crippen LogP contribution in [0.25, 0.3) is 20.7 Å². The standard InChI is InChI=1S/C20H23N3O2S/c24-10-9-22-8-4-5-15(12-22)13-23-14-21-19-17(20(23)25)11-18(26-19)16-6-2-1-3-7-16/h1-3,6-7,11,14-15,24H,4-5,8-10,12-13H2. The molecule has 0 bridgehead atoms. The number of thiophene rings is 1. The minimum atomic E-state index is 0.0488. The molecule has 1 N–H and O–H groups in total. The van der Waals surface area contributed by atoms with Crippen molar-refractivity contribution in [2.75, 3.05) is 26.2 Å². The lowest BCUT2D eigenvalue weighted by molar-refractivity contribution is 0.132. The number of nitrogens with zero attached hydrogens (tertiary/aromatic N) is 3. The Kier molecular flexibility index (Phi) is 5.15. The summed E-state index contributed by atoms with van der Waals surface area (Å²) >= 11 is 1.57. The second-order valence-electron chi connectivity index (χ2n) is 6.93. The highest BCUT2D eigenvalue weighted by atomic mass is 32.1. The summed E-state index contributed by atoms with van der Waals surface area (Å²) in [7, 11) is 0. The molecule has 0 aliphatic carbocycles. The van der Waals surface area contributed by atoms with E-state index in [1.807, 2.05) is 24.3 Å². The molecule has 6 heteroatoms. The van der Waals surface area contributed by atoms with Crippen LogP contribution in [0, 0.1) is 5.92 Å². The van der Waals surface area contributed by atoms with E-state index in [9.17, 15) is 4.79 Å². The van der Waals surface area contributed by atoms with Crippen LogP contribution in [-0.4, -0.2) is 45.8 Å². The first-order chi connectivity index (χ1) is 12.7. The molecule has 0 saturated carbocycles. The first-order valence-corrected chi connectivity index (χ1v) is 9.94. The van der Waals surface area contributed by atoms with Gasteiger partial charge in [0.1, 0.15) is 4.83 Å². The molecule has 3 heterocycles. The third kappa shape index (κ3) is 3.58. The Morgan fingerprint density at radius 3 is 2.92 bits per heavy atom. The molecule has 5 nitrogen and oxygen atoms in total. The van der Waals surface area contributed by atoms with Crippen molar-refractivity contribution in [2.45, 2.75) is 19.4 Å². The summed E-state index contributed by atoms with van der Waals surface area (Å²) in [5.74, 6) is 0.430. The van der Waals surface area contributed by atoms with Crippen molar-refractivity contribution in [1.29, 1.82) is 0 Å². The van der Waals surface area contributed by atoms with Crippen LogP contribution in [0.1, 0.15) is 12.8 Å². The summed E-state index contributed by atoms with van der Waals surface area (Å²) in [4.78, 5) is 21.6. The van der Waals surface area contributed by atoms with E-state index in [4.69, 9.17) is 5.11 Å². The fourth-order valence-electron chi connectivity index (χ4n) is 3.76. The van der Waals surface area contributed by atoms with Gasteiger partial charge in [-0.05, 0) is 36.9 Å². The van der Waals surface area contributed by atoms with Gasteiger partial charge >= 0.3 is 0 Å². The Bertz CT molecular complexity index is 933. The molecule has 1 aliphatic rings. The summed E-state index contributed by atoms with van der Waals surface area (Å²) < 4.78 is 1.76. The van der Waals surface area contributed by atoms with Gasteiger partial charge < -0.3 is 10.0 Å². The molecule has 1 aromatic carbocycles. The number of likely N-dealkylation sites (tertiary alicyclic amines) is 1. The number of hydrogen-bond donors (Lipinski definition) is 1. The summed E-state index contributed by atoms with van der Waals surface area (Å²) in [6, 6.07) is 12.1. The summed E-state index contributed by atoms with van der Waals surface area (Å²) in [6.07, 6.45) is 3.93. The van der Waals surface area contributed by atoms with Crippen LogP contribution in [0.15, 0.2) is 47.5 Å². The molecule has 0 amide bonds. The predicted molar refractivity (Wildman–Crippen MR) is 106 cm³/mol. The van der Waals surface area contributed by atoms with Crippen LogP contribution in [0.2, 0.25) is 0 Å². The number of β-amino-alcohol motifs (C(OH)–C–C–N with tert-alkyl or cyclic N) is 1. The number of aliphatic hydroxyl groups excluding tert-OH is 1. The Balaban J connectivity index is 1.59. The molecule has 0 radical (unpaired) electrons. The monoisotopic (exact) mass is 369 g/mol. The molecule has 0 spiro atoms. The van der Waals surface area contributed by atoms with Crippen LogP contribution in [0.4, 0.5) is 0 Å². The number of fused-ring (bicyclic) bond motifs is 1. The summed E-state index contributed by atoms with van der Waals surface area (Å²) in [6.45, 7) is 3.57. The maximum Gasteiger partial charge on any atom is 0.262 e. The molecule has 4 rings (SSSR count). The number of rotatable bonds is 5. The molecule has 1 aliphatic heterocycles. The van der Waals surface area contributed by atoms with Gasteiger partial charge in [0.2, 0.25) is 0 Å². The van der Waals surface area contributed by atoms with Gasteiger partial charge in [0.25, 0.3) is 5.56 Å². The average molecular weight is 369 g/mol. The van der Waals surface area contributed by atoms with Crippen LogP contribution < -0.4 is 5.56 Å². The van der Waals surface area contributed by atoms with Crippen molar-refractivity contribution in [1.82, 2.24) is 14.5 Å². The fraction of sp³-hybridized carbons (Fsp3) is 0.400. The number of hydrogen-bond acceptors (Lipinski definition) is 5. The lowest BCUT2D eigenvalue weighted by Gasteiger charge is -2.32. The van der Waals surface area contributed by atoms with E-state index in [1.165, 1.54) is 0 Å². The summed E-state index contributed by atoms with van der Waals surface area (Å²) in [5.41, 5.74) is 1.17. The normalized spacial score (nSPS) is 18.4. The number of piperidine rings is 1. The van der Waals surface area contributed by atoms with Crippen molar-refractivity contribution >= 4 is 21.6 Å². The van der Waals surface area contributed by atoms with Crippen LogP contribution in [0.3, 0.4) is 0 Å². The van der Waals surface area contributed by atoms with Crippen molar-refractivity contribution in [3.05, 3.63) is 53.1 Å². The zero-order valence-corrected chi connectivity index (χ0v) is 15.5. The van der Waals surface area contributed by atoms with Crippen molar-refractivity contribution in [3.63, 3.8) is 0 Å². The SMILES string of the molecule is O=c1c2cc(-c3ccccc3)sc2ncn1CC1CCCN(CCO)C1. The molecule has 2 aromatic heterocycles. The van der Waals surface area contributed by atoms with E-state index in [2.05, 4.69) is 22.0 Å². The van der Waals surface area contributed by atoms with Gasteiger partial charge in [0, 0.05) is 24.5 Å². The predicted octanol–water partition coefficient (Wildman–Crippen LogP) is 2.83. The topological polar surface area (TPSA) is 58.4 Å². The number of aliphatic hydroxyl groups is 1. The largest absolute Gasteiger partial charge is 0.395 e. The quantitative estimate of drug-likeness (QED) is 0.751. The molecular weight excluding hydrogens is 346 g/mol. The minimum absolute atomic E-state index is 0.0488. The van der Waals surface area contributed by atoms with E-state index in [-0.39, 0.29) is 12.2 Å². The molecule has 3 aromatic rings. The number of benzene rings is 1. The molecule has 1 saturated heterocycles. The van der Waals surface area contributed by atoms with Crippen LogP contribution in [0.5, 0.6) is 0 Å². The smallest absolute Gasteiger partial charge is 0.262 e. The Hall–Kier alpha value is -2.02. The van der Waals surface area contributed by atoms with E-state index < -0.39 is 0 Å². The Labute approximate surface area is 156 Å². The Morgan fingerprint density at radius 2 is 2.12 bits per heavy atom. The van der Waals surface area contributed by atoms with Crippen molar-refractivity contribution in [2.24, 2.45) is 5.92 Å². The average Bonchev–Trinajstić information content (AvgIpc) is 3.11. The molecule has 1 fully saturated rings. The van der Waals surface area contributed by atoms with Crippen molar-refractivity contribution in [3.8, 4) is 10.4 Å². The molecule has 1 unspecified atom stereocenters. The van der Waals surface area contributed by atoms with E-state index in [0.717, 1.165) is 41.2 Å². The van der Waals surface area contributed by atoms with Gasteiger partial charge in [-0.2, -0.15) is 0 Å². The zero-order chi connectivity index (χ0) is 17.9. The molecular formula is C20H23N3O2S. The molecule has 1 atom stereocenters. The first kappa shape index (κ1) is 17.4. The van der Waals surface area contributed by atoms with E-state index >= 15 is 0 Å². The van der Waals surface area contributed by atoms with Crippen LogP contribution in [-0.2, 0) is 6.54 Å². The van der Waals surface area contributed by atoms with E-state index in [1.54, 1.807) is 22.2 Å². The highest BCUT2D eigenvalue weighted by Gasteiger charge is 2.21. The van der Waals surface area contributed by atoms with Gasteiger partial charge in [0.05, 0.1) is 18.3 Å².